The third-order valence-corrected chi connectivity index (χ3v) is 9.63. The molecule has 0 saturated heterocycles. The Hall–Kier alpha value is -1.06. The molecule has 0 unspecified atom stereocenters. The SMILES string of the molecule is CC1(C)C[C@H](NC(=O)[C@@H]2C[C@H]3CC[C@H]2C3)C[C@@](C)(CNC(=O)[C@H]2C[C@H]3CC[C@H]2C3)C1. The van der Waals surface area contributed by atoms with E-state index in [0.717, 1.165) is 50.5 Å². The van der Waals surface area contributed by atoms with Crippen LogP contribution in [0, 0.1) is 46.3 Å². The van der Waals surface area contributed by atoms with Crippen LogP contribution in [0.1, 0.15) is 91.4 Å². The van der Waals surface area contributed by atoms with Gasteiger partial charge < -0.3 is 10.6 Å². The van der Waals surface area contributed by atoms with Crippen molar-refractivity contribution in [3.8, 4) is 0 Å². The summed E-state index contributed by atoms with van der Waals surface area (Å²) in [7, 11) is 0. The van der Waals surface area contributed by atoms with Crippen LogP contribution in [0.4, 0.5) is 0 Å². The second-order valence-electron chi connectivity index (χ2n) is 13.0. The van der Waals surface area contributed by atoms with Gasteiger partial charge in [-0.1, -0.05) is 33.6 Å². The molecular weight excluding hydrogens is 372 g/mol. The van der Waals surface area contributed by atoms with Crippen molar-refractivity contribution in [2.45, 2.75) is 97.4 Å². The number of hydrogen-bond acceptors (Lipinski definition) is 2. The number of amides is 2. The third-order valence-electron chi connectivity index (χ3n) is 9.63. The molecule has 8 atom stereocenters. The molecule has 5 fully saturated rings. The third kappa shape index (κ3) is 4.05. The molecule has 0 heterocycles. The molecule has 0 aromatic carbocycles. The average Bonchev–Trinajstić information content (AvgIpc) is 3.45. The molecule has 0 aliphatic heterocycles. The second-order valence-corrected chi connectivity index (χ2v) is 13.0. The minimum atomic E-state index is 0.0572. The molecular formula is C26H42N2O2. The number of carbonyl (C=O) groups excluding carboxylic acids is 2. The van der Waals surface area contributed by atoms with E-state index in [0.29, 0.717) is 23.7 Å². The molecule has 2 amide bonds. The van der Waals surface area contributed by atoms with Crippen molar-refractivity contribution in [3.63, 3.8) is 0 Å². The van der Waals surface area contributed by atoms with Gasteiger partial charge in [-0.3, -0.25) is 9.59 Å². The van der Waals surface area contributed by atoms with Gasteiger partial charge in [0.15, 0.2) is 0 Å². The molecule has 30 heavy (non-hydrogen) atoms. The molecule has 4 nitrogen and oxygen atoms in total. The van der Waals surface area contributed by atoms with E-state index in [1.807, 2.05) is 0 Å². The van der Waals surface area contributed by atoms with E-state index >= 15 is 0 Å². The highest BCUT2D eigenvalue weighted by atomic mass is 16.2. The summed E-state index contributed by atoms with van der Waals surface area (Å²) in [4.78, 5) is 26.0. The standard InChI is InChI=1S/C26H42N2O2/c1-25(2)12-20(28-24(30)22-11-17-5-7-19(22)9-17)13-26(3,14-25)15-27-23(29)21-10-16-4-6-18(21)8-16/h16-22H,4-15H2,1-3H3,(H,27,29)(H,28,30)/t16-,17-,18-,19-,20-,21-,22+,26+/m0/s1. The van der Waals surface area contributed by atoms with E-state index in [4.69, 9.17) is 0 Å². The van der Waals surface area contributed by atoms with Crippen LogP contribution < -0.4 is 10.6 Å². The molecule has 5 aliphatic carbocycles. The highest BCUT2D eigenvalue weighted by Crippen LogP contribution is 2.50. The van der Waals surface area contributed by atoms with Crippen molar-refractivity contribution in [1.29, 1.82) is 0 Å². The molecule has 168 valence electrons. The Balaban J connectivity index is 1.18. The summed E-state index contributed by atoms with van der Waals surface area (Å²) < 4.78 is 0. The van der Waals surface area contributed by atoms with Crippen LogP contribution in [-0.2, 0) is 9.59 Å². The van der Waals surface area contributed by atoms with Crippen molar-refractivity contribution >= 4 is 11.8 Å². The molecule has 0 aromatic rings. The molecule has 0 spiro atoms. The van der Waals surface area contributed by atoms with Gasteiger partial charge in [0.2, 0.25) is 11.8 Å². The van der Waals surface area contributed by atoms with Crippen molar-refractivity contribution in [3.05, 3.63) is 0 Å². The number of fused-ring (bicyclic) bond motifs is 4. The maximum absolute atomic E-state index is 13.1. The van der Waals surface area contributed by atoms with Crippen LogP contribution in [0.5, 0.6) is 0 Å². The van der Waals surface area contributed by atoms with Gasteiger partial charge >= 0.3 is 0 Å². The van der Waals surface area contributed by atoms with Gasteiger partial charge in [0.1, 0.15) is 0 Å². The molecule has 5 rings (SSSR count). The molecule has 2 N–H and O–H groups in total. The van der Waals surface area contributed by atoms with Crippen LogP contribution in [0.2, 0.25) is 0 Å². The Morgan fingerprint density at radius 1 is 0.800 bits per heavy atom. The topological polar surface area (TPSA) is 58.2 Å². The van der Waals surface area contributed by atoms with Gasteiger partial charge in [0.05, 0.1) is 0 Å². The van der Waals surface area contributed by atoms with Gasteiger partial charge in [0.25, 0.3) is 0 Å². The van der Waals surface area contributed by atoms with Crippen molar-refractivity contribution in [1.82, 2.24) is 10.6 Å². The van der Waals surface area contributed by atoms with Crippen LogP contribution in [0.25, 0.3) is 0 Å². The van der Waals surface area contributed by atoms with E-state index in [1.165, 1.54) is 38.5 Å². The van der Waals surface area contributed by atoms with Crippen molar-refractivity contribution in [2.24, 2.45) is 46.3 Å². The van der Waals surface area contributed by atoms with E-state index < -0.39 is 0 Å². The van der Waals surface area contributed by atoms with E-state index in [9.17, 15) is 9.59 Å². The Kier molecular flexibility index (Phi) is 5.22. The summed E-state index contributed by atoms with van der Waals surface area (Å²) >= 11 is 0. The lowest BCUT2D eigenvalue weighted by Crippen LogP contribution is -2.52. The summed E-state index contributed by atoms with van der Waals surface area (Å²) in [5.41, 5.74) is 0.248. The normalized spacial score (nSPS) is 46.2. The summed E-state index contributed by atoms with van der Waals surface area (Å²) in [6.45, 7) is 7.74. The Labute approximate surface area is 182 Å². The lowest BCUT2D eigenvalue weighted by molar-refractivity contribution is -0.129. The molecule has 0 radical (unpaired) electrons. The number of rotatable bonds is 5. The molecule has 4 heteroatoms. The Morgan fingerprint density at radius 2 is 1.40 bits per heavy atom. The van der Waals surface area contributed by atoms with E-state index in [1.54, 1.807) is 0 Å². The first kappa shape index (κ1) is 20.8. The average molecular weight is 415 g/mol. The smallest absolute Gasteiger partial charge is 0.223 e. The van der Waals surface area contributed by atoms with Crippen LogP contribution in [0.15, 0.2) is 0 Å². The molecule has 0 aromatic heterocycles. The van der Waals surface area contributed by atoms with Crippen LogP contribution >= 0.6 is 0 Å². The highest BCUT2D eigenvalue weighted by molar-refractivity contribution is 5.80. The first-order valence-corrected chi connectivity index (χ1v) is 12.8. The predicted molar refractivity (Wildman–Crippen MR) is 119 cm³/mol. The fourth-order valence-corrected chi connectivity index (χ4v) is 8.74. The maximum Gasteiger partial charge on any atom is 0.223 e. The minimum Gasteiger partial charge on any atom is -0.355 e. The zero-order valence-electron chi connectivity index (χ0n) is 19.3. The highest BCUT2D eigenvalue weighted by Gasteiger charge is 2.47. The second kappa shape index (κ2) is 7.52. The first-order chi connectivity index (χ1) is 14.2. The van der Waals surface area contributed by atoms with E-state index in [2.05, 4.69) is 31.4 Å². The number of hydrogen-bond donors (Lipinski definition) is 2. The lowest BCUT2D eigenvalue weighted by Gasteiger charge is -2.47. The van der Waals surface area contributed by atoms with Crippen molar-refractivity contribution < 1.29 is 9.59 Å². The largest absolute Gasteiger partial charge is 0.355 e. The number of carbonyl (C=O) groups is 2. The summed E-state index contributed by atoms with van der Waals surface area (Å²) in [5, 5.41) is 6.83. The summed E-state index contributed by atoms with van der Waals surface area (Å²) in [5.74, 6) is 4.03. The zero-order chi connectivity index (χ0) is 21.1. The fourth-order valence-electron chi connectivity index (χ4n) is 8.74. The van der Waals surface area contributed by atoms with Gasteiger partial charge in [-0.25, -0.2) is 0 Å². The van der Waals surface area contributed by atoms with Crippen LogP contribution in [-0.4, -0.2) is 24.4 Å². The van der Waals surface area contributed by atoms with Gasteiger partial charge in [-0.15, -0.1) is 0 Å². The summed E-state index contributed by atoms with van der Waals surface area (Å²) in [6, 6.07) is 0.241. The molecule has 4 bridgehead atoms. The maximum atomic E-state index is 13.1. The summed E-state index contributed by atoms with van der Waals surface area (Å²) in [6.07, 6.45) is 13.1. The van der Waals surface area contributed by atoms with Crippen LogP contribution in [0.3, 0.4) is 0 Å². The minimum absolute atomic E-state index is 0.0572. The molecule has 5 saturated carbocycles. The van der Waals surface area contributed by atoms with Gasteiger partial charge in [-0.2, -0.15) is 0 Å². The van der Waals surface area contributed by atoms with Crippen molar-refractivity contribution in [2.75, 3.05) is 6.54 Å². The Bertz CT molecular complexity index is 703. The van der Waals surface area contributed by atoms with E-state index in [-0.39, 0.29) is 28.7 Å². The lowest BCUT2D eigenvalue weighted by atomic mass is 9.62. The predicted octanol–water partition coefficient (Wildman–Crippen LogP) is 4.68. The first-order valence-electron chi connectivity index (χ1n) is 12.8. The fraction of sp³-hybridized carbons (Fsp3) is 0.923. The van der Waals surface area contributed by atoms with Gasteiger partial charge in [0, 0.05) is 24.4 Å². The van der Waals surface area contributed by atoms with Gasteiger partial charge in [-0.05, 0) is 92.3 Å². The monoisotopic (exact) mass is 414 g/mol. The molecule has 5 aliphatic rings. The Morgan fingerprint density at radius 3 is 1.93 bits per heavy atom. The number of nitrogens with one attached hydrogen (secondary N) is 2. The zero-order valence-corrected chi connectivity index (χ0v) is 19.3. The quantitative estimate of drug-likeness (QED) is 0.686.